The lowest BCUT2D eigenvalue weighted by Gasteiger charge is -2.01. The van der Waals surface area contributed by atoms with Gasteiger partial charge in [0, 0.05) is 18.5 Å². The van der Waals surface area contributed by atoms with Crippen LogP contribution in [-0.4, -0.2) is 32.7 Å². The molecule has 0 saturated heterocycles. The molecule has 0 rings (SSSR count). The molecule has 70 valence electrons. The van der Waals surface area contributed by atoms with E-state index in [1.54, 1.807) is 0 Å². The van der Waals surface area contributed by atoms with Crippen molar-refractivity contribution >= 4 is 16.1 Å². The molecule has 0 aliphatic heterocycles. The summed E-state index contributed by atoms with van der Waals surface area (Å²) in [7, 11) is -3.44. The predicted octanol–water partition coefficient (Wildman–Crippen LogP) is -0.683. The Kier molecular flexibility index (Phi) is 4.30. The summed E-state index contributed by atoms with van der Waals surface area (Å²) in [5.74, 6) is 0. The fourth-order valence-electron chi connectivity index (χ4n) is 0.422. The predicted molar refractivity (Wildman–Crippen MR) is 43.1 cm³/mol. The summed E-state index contributed by atoms with van der Waals surface area (Å²) in [6, 6.07) is 0. The van der Waals surface area contributed by atoms with Crippen LogP contribution in [0.15, 0.2) is 12.0 Å². The zero-order valence-corrected chi connectivity index (χ0v) is 7.10. The molecule has 0 aliphatic carbocycles. The highest BCUT2D eigenvalue weighted by Gasteiger charge is 2.01. The number of nitrogens with one attached hydrogen (secondary N) is 2. The highest BCUT2D eigenvalue weighted by atomic mass is 32.2. The Balaban J connectivity index is 3.58. The summed E-state index contributed by atoms with van der Waals surface area (Å²) in [6.45, 7) is 3.10. The van der Waals surface area contributed by atoms with Gasteiger partial charge in [0.2, 0.25) is 10.0 Å². The van der Waals surface area contributed by atoms with Crippen molar-refractivity contribution in [2.75, 3.05) is 13.1 Å². The van der Waals surface area contributed by atoms with Gasteiger partial charge in [-0.3, -0.25) is 0 Å². The van der Waals surface area contributed by atoms with Crippen molar-refractivity contribution < 1.29 is 18.3 Å². The minimum absolute atomic E-state index is 0.0145. The Morgan fingerprint density at radius 2 is 2.08 bits per heavy atom. The number of rotatable bonds is 5. The first kappa shape index (κ1) is 10.9. The fourth-order valence-corrected chi connectivity index (χ4v) is 0.926. The summed E-state index contributed by atoms with van der Waals surface area (Å²) >= 11 is 0. The van der Waals surface area contributed by atoms with Gasteiger partial charge < -0.3 is 10.4 Å². The Bertz CT molecular complexity index is 259. The van der Waals surface area contributed by atoms with Crippen LogP contribution in [-0.2, 0) is 10.0 Å². The second-order valence-corrected chi connectivity index (χ2v) is 3.55. The smallest absolute Gasteiger partial charge is 0.404 e. The zero-order valence-electron chi connectivity index (χ0n) is 6.28. The van der Waals surface area contributed by atoms with Gasteiger partial charge in [-0.25, -0.2) is 17.9 Å². The first-order valence-electron chi connectivity index (χ1n) is 3.07. The third-order valence-electron chi connectivity index (χ3n) is 0.924. The minimum atomic E-state index is -3.44. The van der Waals surface area contributed by atoms with Crippen molar-refractivity contribution in [3.63, 3.8) is 0 Å². The average Bonchev–Trinajstić information content (AvgIpc) is 1.98. The maximum atomic E-state index is 10.6. The Labute approximate surface area is 70.3 Å². The number of hydrogen-bond donors (Lipinski definition) is 3. The Morgan fingerprint density at radius 1 is 1.50 bits per heavy atom. The molecule has 0 radical (unpaired) electrons. The van der Waals surface area contributed by atoms with E-state index in [2.05, 4.69) is 11.3 Å². The molecule has 0 saturated carbocycles. The van der Waals surface area contributed by atoms with Crippen molar-refractivity contribution in [3.8, 4) is 0 Å². The normalized spacial score (nSPS) is 10.7. The molecule has 0 bridgehead atoms. The van der Waals surface area contributed by atoms with Crippen molar-refractivity contribution in [1.82, 2.24) is 10.0 Å². The van der Waals surface area contributed by atoms with Crippen LogP contribution >= 0.6 is 0 Å². The molecule has 0 aliphatic rings. The van der Waals surface area contributed by atoms with E-state index in [0.717, 1.165) is 5.41 Å². The molecular formula is C5H10N2O4S. The number of sulfonamides is 1. The first-order chi connectivity index (χ1) is 5.48. The summed E-state index contributed by atoms with van der Waals surface area (Å²) in [4.78, 5) is 9.88. The second-order valence-electron chi connectivity index (χ2n) is 1.84. The molecule has 0 aromatic rings. The number of carbonyl (C=O) groups is 1. The van der Waals surface area contributed by atoms with Gasteiger partial charge in [-0.05, 0) is 0 Å². The van der Waals surface area contributed by atoms with Gasteiger partial charge in [0.25, 0.3) is 0 Å². The number of hydrogen-bond acceptors (Lipinski definition) is 3. The molecule has 0 atom stereocenters. The molecule has 1 amide bonds. The van der Waals surface area contributed by atoms with Crippen molar-refractivity contribution in [2.24, 2.45) is 0 Å². The molecule has 0 aromatic heterocycles. The van der Waals surface area contributed by atoms with Gasteiger partial charge in [-0.2, -0.15) is 0 Å². The maximum Gasteiger partial charge on any atom is 0.404 e. The van der Waals surface area contributed by atoms with Gasteiger partial charge in [-0.15, -0.1) is 0 Å². The fraction of sp³-hybridized carbons (Fsp3) is 0.400. The molecule has 0 aromatic carbocycles. The van der Waals surface area contributed by atoms with E-state index in [0.29, 0.717) is 0 Å². The van der Waals surface area contributed by atoms with Gasteiger partial charge in [0.1, 0.15) is 0 Å². The van der Waals surface area contributed by atoms with E-state index < -0.39 is 16.1 Å². The quantitative estimate of drug-likeness (QED) is 0.505. The monoisotopic (exact) mass is 194 g/mol. The highest BCUT2D eigenvalue weighted by molar-refractivity contribution is 7.92. The topological polar surface area (TPSA) is 95.5 Å². The van der Waals surface area contributed by atoms with Crippen LogP contribution in [0.2, 0.25) is 0 Å². The van der Waals surface area contributed by atoms with E-state index >= 15 is 0 Å². The van der Waals surface area contributed by atoms with E-state index in [1.807, 2.05) is 5.32 Å². The van der Waals surface area contributed by atoms with Crippen molar-refractivity contribution in [3.05, 3.63) is 12.0 Å². The Hall–Kier alpha value is -1.08. The third-order valence-corrected chi connectivity index (χ3v) is 1.97. The van der Waals surface area contributed by atoms with Crippen LogP contribution in [0.5, 0.6) is 0 Å². The highest BCUT2D eigenvalue weighted by Crippen LogP contribution is 1.80. The minimum Gasteiger partial charge on any atom is -0.465 e. The third kappa shape index (κ3) is 5.69. The van der Waals surface area contributed by atoms with Crippen LogP contribution in [0, 0.1) is 0 Å². The van der Waals surface area contributed by atoms with E-state index in [9.17, 15) is 13.2 Å². The van der Waals surface area contributed by atoms with E-state index in [1.165, 1.54) is 0 Å². The molecule has 0 spiro atoms. The van der Waals surface area contributed by atoms with Crippen molar-refractivity contribution in [1.29, 1.82) is 0 Å². The molecule has 0 fully saturated rings. The number of amides is 1. The van der Waals surface area contributed by atoms with Crippen LogP contribution in [0.4, 0.5) is 4.79 Å². The molecule has 12 heavy (non-hydrogen) atoms. The zero-order chi connectivity index (χ0) is 9.61. The van der Waals surface area contributed by atoms with Crippen LogP contribution in [0.1, 0.15) is 0 Å². The van der Waals surface area contributed by atoms with Gasteiger partial charge in [0.05, 0.1) is 0 Å². The SMILES string of the molecule is C=CS(=O)(=O)NCCNC(=O)O. The first-order valence-corrected chi connectivity index (χ1v) is 4.61. The molecular weight excluding hydrogens is 184 g/mol. The molecule has 0 heterocycles. The summed E-state index contributed by atoms with van der Waals surface area (Å²) in [5.41, 5.74) is 0. The van der Waals surface area contributed by atoms with Gasteiger partial charge in [0.15, 0.2) is 0 Å². The molecule has 6 nitrogen and oxygen atoms in total. The lowest BCUT2D eigenvalue weighted by atomic mass is 10.7. The average molecular weight is 194 g/mol. The summed E-state index contributed by atoms with van der Waals surface area (Å²) in [5, 5.41) is 10.8. The van der Waals surface area contributed by atoms with Crippen molar-refractivity contribution in [2.45, 2.75) is 0 Å². The number of carboxylic acid groups (broad SMARTS) is 1. The van der Waals surface area contributed by atoms with Crippen LogP contribution in [0.3, 0.4) is 0 Å². The maximum absolute atomic E-state index is 10.6. The van der Waals surface area contributed by atoms with Crippen LogP contribution in [0.25, 0.3) is 0 Å². The van der Waals surface area contributed by atoms with E-state index in [-0.39, 0.29) is 13.1 Å². The summed E-state index contributed by atoms with van der Waals surface area (Å²) < 4.78 is 23.4. The largest absolute Gasteiger partial charge is 0.465 e. The van der Waals surface area contributed by atoms with Gasteiger partial charge >= 0.3 is 6.09 Å². The van der Waals surface area contributed by atoms with Crippen LogP contribution < -0.4 is 10.0 Å². The van der Waals surface area contributed by atoms with Gasteiger partial charge in [-0.1, -0.05) is 6.58 Å². The second kappa shape index (κ2) is 4.73. The molecule has 3 N–H and O–H groups in total. The van der Waals surface area contributed by atoms with E-state index in [4.69, 9.17) is 5.11 Å². The lowest BCUT2D eigenvalue weighted by molar-refractivity contribution is 0.194. The standard InChI is InChI=1S/C5H10N2O4S/c1-2-12(10,11)7-4-3-6-5(8)9/h2,6-7H,1,3-4H2,(H,8,9). The lowest BCUT2D eigenvalue weighted by Crippen LogP contribution is -2.32. The Morgan fingerprint density at radius 3 is 2.50 bits per heavy atom. The molecule has 7 heteroatoms. The summed E-state index contributed by atoms with van der Waals surface area (Å²) in [6.07, 6.45) is -1.19. The molecule has 0 unspecified atom stereocenters.